The molecule has 0 spiro atoms. The lowest BCUT2D eigenvalue weighted by atomic mass is 10.1. The van der Waals surface area contributed by atoms with Gasteiger partial charge in [-0.05, 0) is 26.3 Å². The third-order valence-electron chi connectivity index (χ3n) is 1.57. The number of carbonyl (C=O) groups excluding carboxylic acids is 1. The molecule has 2 heteroatoms. The summed E-state index contributed by atoms with van der Waals surface area (Å²) in [5, 5.41) is 0.516. The molecule has 0 unspecified atom stereocenters. The Morgan fingerprint density at radius 3 is 2.17 bits per heavy atom. The highest BCUT2D eigenvalue weighted by Gasteiger charge is 2.04. The molecule has 0 saturated heterocycles. The molecular formula is C10H13ClO. The minimum atomic E-state index is -0.00295. The largest absolute Gasteiger partial charge is 0.295 e. The summed E-state index contributed by atoms with van der Waals surface area (Å²) in [5.74, 6) is -0.00295. The van der Waals surface area contributed by atoms with Crippen LogP contribution in [-0.2, 0) is 4.79 Å². The normalized spacial score (nSPS) is 13.8. The maximum Gasteiger partial charge on any atom is 0.156 e. The van der Waals surface area contributed by atoms with Crippen molar-refractivity contribution in [3.63, 3.8) is 0 Å². The third-order valence-corrected chi connectivity index (χ3v) is 2.15. The molecule has 0 aliphatic rings. The number of halogens is 1. The van der Waals surface area contributed by atoms with E-state index >= 15 is 0 Å². The summed E-state index contributed by atoms with van der Waals surface area (Å²) in [5.41, 5.74) is 1.45. The van der Waals surface area contributed by atoms with Crippen molar-refractivity contribution in [2.75, 3.05) is 0 Å². The van der Waals surface area contributed by atoms with Crippen molar-refractivity contribution in [3.05, 3.63) is 34.9 Å². The Balaban J connectivity index is 4.90. The number of hydrogen-bond donors (Lipinski definition) is 0. The minimum absolute atomic E-state index is 0.00295. The van der Waals surface area contributed by atoms with Gasteiger partial charge in [-0.1, -0.05) is 30.3 Å². The first-order valence-electron chi connectivity index (χ1n) is 3.67. The molecule has 0 aliphatic carbocycles. The van der Waals surface area contributed by atoms with Gasteiger partial charge in [-0.15, -0.1) is 0 Å². The van der Waals surface area contributed by atoms with E-state index in [0.29, 0.717) is 10.6 Å². The summed E-state index contributed by atoms with van der Waals surface area (Å²) in [6, 6.07) is 0. The fourth-order valence-corrected chi connectivity index (χ4v) is 0.896. The van der Waals surface area contributed by atoms with Gasteiger partial charge in [-0.25, -0.2) is 0 Å². The maximum absolute atomic E-state index is 10.9. The van der Waals surface area contributed by atoms with Crippen LogP contribution in [0.3, 0.4) is 0 Å². The maximum atomic E-state index is 10.9. The molecule has 0 radical (unpaired) electrons. The van der Waals surface area contributed by atoms with E-state index in [9.17, 15) is 4.79 Å². The van der Waals surface area contributed by atoms with Crippen molar-refractivity contribution in [1.82, 2.24) is 0 Å². The molecule has 1 nitrogen and oxygen atoms in total. The highest BCUT2D eigenvalue weighted by atomic mass is 35.5. The van der Waals surface area contributed by atoms with Crippen LogP contribution in [-0.4, -0.2) is 5.78 Å². The van der Waals surface area contributed by atoms with Gasteiger partial charge in [0.25, 0.3) is 0 Å². The Hall–Kier alpha value is -0.820. The number of rotatable bonds is 3. The van der Waals surface area contributed by atoms with Crippen LogP contribution in [0.2, 0.25) is 0 Å². The second-order valence-corrected chi connectivity index (χ2v) is 2.96. The molecule has 0 aromatic rings. The monoisotopic (exact) mass is 184 g/mol. The molecule has 0 aromatic heterocycles. The van der Waals surface area contributed by atoms with Gasteiger partial charge in [-0.3, -0.25) is 4.79 Å². The Labute approximate surface area is 78.4 Å². The van der Waals surface area contributed by atoms with Crippen LogP contribution < -0.4 is 0 Å². The molecule has 0 N–H and O–H groups in total. The third kappa shape index (κ3) is 3.05. The van der Waals surface area contributed by atoms with E-state index in [2.05, 4.69) is 6.58 Å². The van der Waals surface area contributed by atoms with E-state index < -0.39 is 0 Å². The molecule has 0 fully saturated rings. The quantitative estimate of drug-likeness (QED) is 0.486. The van der Waals surface area contributed by atoms with Crippen LogP contribution in [0.15, 0.2) is 34.9 Å². The molecule has 66 valence electrons. The lowest BCUT2D eigenvalue weighted by Crippen LogP contribution is -1.94. The summed E-state index contributed by atoms with van der Waals surface area (Å²) in [6.07, 6.45) is 3.42. The summed E-state index contributed by atoms with van der Waals surface area (Å²) < 4.78 is 0. The van der Waals surface area contributed by atoms with Gasteiger partial charge in [0.05, 0.1) is 0 Å². The van der Waals surface area contributed by atoms with Gasteiger partial charge in [0.1, 0.15) is 0 Å². The van der Waals surface area contributed by atoms with E-state index in [-0.39, 0.29) is 5.78 Å². The number of hydrogen-bond acceptors (Lipinski definition) is 1. The Morgan fingerprint density at radius 2 is 1.83 bits per heavy atom. The highest BCUT2D eigenvalue weighted by molar-refractivity contribution is 6.34. The standard InChI is InChI=1S/C10H13ClO/c1-5-6-7(2)10(11)8(3)9(4)12/h5-6H,1H2,2-4H3/b7-6-,10-8-. The van der Waals surface area contributed by atoms with E-state index in [1.54, 1.807) is 19.1 Å². The molecule has 0 rings (SSSR count). The van der Waals surface area contributed by atoms with Gasteiger partial charge in [0.2, 0.25) is 0 Å². The first kappa shape index (κ1) is 11.2. The fraction of sp³-hybridized carbons (Fsp3) is 0.300. The van der Waals surface area contributed by atoms with Gasteiger partial charge in [-0.2, -0.15) is 0 Å². The van der Waals surface area contributed by atoms with Crippen LogP contribution in [0.1, 0.15) is 20.8 Å². The molecule has 0 aromatic carbocycles. The first-order chi connectivity index (χ1) is 5.50. The predicted octanol–water partition coefficient (Wildman–Crippen LogP) is 3.22. The second kappa shape index (κ2) is 4.94. The highest BCUT2D eigenvalue weighted by Crippen LogP contribution is 2.19. The molecule has 12 heavy (non-hydrogen) atoms. The second-order valence-electron chi connectivity index (χ2n) is 2.58. The number of Topliss-reactive ketones (excluding diaryl/α,β-unsaturated/α-hetero) is 1. The van der Waals surface area contributed by atoms with Crippen molar-refractivity contribution in [2.45, 2.75) is 20.8 Å². The Morgan fingerprint density at radius 1 is 1.33 bits per heavy atom. The average molecular weight is 185 g/mol. The zero-order chi connectivity index (χ0) is 9.72. The summed E-state index contributed by atoms with van der Waals surface area (Å²) in [6.45, 7) is 8.60. The zero-order valence-electron chi connectivity index (χ0n) is 7.65. The van der Waals surface area contributed by atoms with Crippen LogP contribution in [0.5, 0.6) is 0 Å². The lowest BCUT2D eigenvalue weighted by Gasteiger charge is -2.01. The topological polar surface area (TPSA) is 17.1 Å². The van der Waals surface area contributed by atoms with E-state index in [0.717, 1.165) is 5.57 Å². The van der Waals surface area contributed by atoms with Crippen LogP contribution in [0, 0.1) is 0 Å². The van der Waals surface area contributed by atoms with Crippen LogP contribution >= 0.6 is 11.6 Å². The number of ketones is 1. The summed E-state index contributed by atoms with van der Waals surface area (Å²) >= 11 is 5.90. The van der Waals surface area contributed by atoms with Gasteiger partial charge < -0.3 is 0 Å². The molecule has 0 saturated carbocycles. The average Bonchev–Trinajstić information content (AvgIpc) is 2.02. The Bertz CT molecular complexity index is 259. The number of carbonyl (C=O) groups is 1. The SMILES string of the molecule is C=C/C=C(C)\C(Cl)=C(/C)C(C)=O. The van der Waals surface area contributed by atoms with Crippen molar-refractivity contribution in [1.29, 1.82) is 0 Å². The van der Waals surface area contributed by atoms with Crippen LogP contribution in [0.4, 0.5) is 0 Å². The van der Waals surface area contributed by atoms with Crippen molar-refractivity contribution in [2.24, 2.45) is 0 Å². The van der Waals surface area contributed by atoms with Gasteiger partial charge in [0.15, 0.2) is 5.78 Å². The first-order valence-corrected chi connectivity index (χ1v) is 4.05. The molecule has 0 atom stereocenters. The predicted molar refractivity (Wildman–Crippen MR) is 53.2 cm³/mol. The summed E-state index contributed by atoms with van der Waals surface area (Å²) in [7, 11) is 0. The van der Waals surface area contributed by atoms with E-state index in [4.69, 9.17) is 11.6 Å². The Kier molecular flexibility index (Phi) is 4.60. The van der Waals surface area contributed by atoms with Gasteiger partial charge in [0, 0.05) is 10.6 Å². The summed E-state index contributed by atoms with van der Waals surface area (Å²) in [4.78, 5) is 10.9. The molecular weight excluding hydrogens is 172 g/mol. The zero-order valence-corrected chi connectivity index (χ0v) is 8.40. The van der Waals surface area contributed by atoms with Crippen molar-refractivity contribution in [3.8, 4) is 0 Å². The van der Waals surface area contributed by atoms with E-state index in [1.165, 1.54) is 6.92 Å². The molecule has 0 amide bonds. The van der Waals surface area contributed by atoms with Crippen molar-refractivity contribution >= 4 is 17.4 Å². The minimum Gasteiger partial charge on any atom is -0.295 e. The molecule has 0 heterocycles. The number of allylic oxidation sites excluding steroid dienone is 5. The van der Waals surface area contributed by atoms with E-state index in [1.807, 2.05) is 6.92 Å². The fourth-order valence-electron chi connectivity index (χ4n) is 0.700. The van der Waals surface area contributed by atoms with Crippen LogP contribution in [0.25, 0.3) is 0 Å². The smallest absolute Gasteiger partial charge is 0.156 e. The van der Waals surface area contributed by atoms with Crippen molar-refractivity contribution < 1.29 is 4.79 Å². The van der Waals surface area contributed by atoms with Gasteiger partial charge >= 0.3 is 0 Å². The molecule has 0 aliphatic heterocycles. The lowest BCUT2D eigenvalue weighted by molar-refractivity contribution is -0.113. The molecule has 0 bridgehead atoms.